The first-order valence-corrected chi connectivity index (χ1v) is 4.51. The summed E-state index contributed by atoms with van der Waals surface area (Å²) in [5.41, 5.74) is 0.879. The van der Waals surface area contributed by atoms with Crippen LogP contribution in [0.15, 0.2) is 36.5 Å². The van der Waals surface area contributed by atoms with Crippen LogP contribution in [0.3, 0.4) is 0 Å². The molecule has 1 aromatic heterocycles. The van der Waals surface area contributed by atoms with Crippen molar-refractivity contribution in [1.29, 1.82) is 5.26 Å². The molecule has 0 radical (unpaired) electrons. The number of nitrogens with zero attached hydrogens (tertiary/aromatic N) is 3. The van der Waals surface area contributed by atoms with E-state index in [4.69, 9.17) is 10.4 Å². The Balaban J connectivity index is 2.64. The van der Waals surface area contributed by atoms with Gasteiger partial charge in [-0.15, -0.1) is 0 Å². The van der Waals surface area contributed by atoms with Gasteiger partial charge in [-0.25, -0.2) is 9.48 Å². The summed E-state index contributed by atoms with van der Waals surface area (Å²) in [6, 6.07) is 10.1. The highest BCUT2D eigenvalue weighted by molar-refractivity contribution is 5.86. The Morgan fingerprint density at radius 1 is 1.38 bits per heavy atom. The van der Waals surface area contributed by atoms with E-state index in [9.17, 15) is 4.79 Å². The smallest absolute Gasteiger partial charge is 0.354 e. The molecular formula is C11H7N3O2. The highest BCUT2D eigenvalue weighted by Gasteiger charge is 2.13. The summed E-state index contributed by atoms with van der Waals surface area (Å²) in [6.07, 6.45) is 1.39. The van der Waals surface area contributed by atoms with Crippen molar-refractivity contribution >= 4 is 5.97 Å². The van der Waals surface area contributed by atoms with Gasteiger partial charge in [0.25, 0.3) is 0 Å². The lowest BCUT2D eigenvalue weighted by Gasteiger charge is -2.05. The van der Waals surface area contributed by atoms with Gasteiger partial charge in [-0.2, -0.15) is 10.4 Å². The molecule has 0 aliphatic carbocycles. The topological polar surface area (TPSA) is 78.9 Å². The van der Waals surface area contributed by atoms with Gasteiger partial charge in [-0.05, 0) is 18.2 Å². The van der Waals surface area contributed by atoms with Crippen LogP contribution < -0.4 is 0 Å². The van der Waals surface area contributed by atoms with E-state index in [2.05, 4.69) is 5.10 Å². The minimum absolute atomic E-state index is 0.0303. The van der Waals surface area contributed by atoms with Crippen molar-refractivity contribution in [2.24, 2.45) is 0 Å². The molecule has 78 valence electrons. The number of rotatable bonds is 2. The molecule has 5 nitrogen and oxygen atoms in total. The number of aromatic nitrogens is 2. The first-order chi connectivity index (χ1) is 7.74. The van der Waals surface area contributed by atoms with Gasteiger partial charge in [0.2, 0.25) is 0 Å². The number of carboxylic acid groups (broad SMARTS) is 1. The van der Waals surface area contributed by atoms with Crippen molar-refractivity contribution in [3.05, 3.63) is 47.8 Å². The molecule has 0 spiro atoms. The van der Waals surface area contributed by atoms with Gasteiger partial charge in [0.1, 0.15) is 6.07 Å². The van der Waals surface area contributed by atoms with Crippen molar-refractivity contribution in [1.82, 2.24) is 9.78 Å². The number of hydrogen-bond donors (Lipinski definition) is 1. The molecule has 1 heterocycles. The van der Waals surface area contributed by atoms with E-state index in [1.54, 1.807) is 24.3 Å². The third-order valence-electron chi connectivity index (χ3n) is 2.11. The maximum Gasteiger partial charge on any atom is 0.354 e. The van der Waals surface area contributed by atoms with Gasteiger partial charge in [-0.3, -0.25) is 0 Å². The fraction of sp³-hybridized carbons (Fsp3) is 0. The second kappa shape index (κ2) is 3.87. The zero-order valence-corrected chi connectivity index (χ0v) is 8.16. The Hall–Kier alpha value is -2.61. The molecule has 16 heavy (non-hydrogen) atoms. The zero-order valence-electron chi connectivity index (χ0n) is 8.16. The summed E-state index contributed by atoms with van der Waals surface area (Å²) >= 11 is 0. The summed E-state index contributed by atoms with van der Waals surface area (Å²) in [6.45, 7) is 0. The van der Waals surface area contributed by atoms with Crippen LogP contribution in [-0.4, -0.2) is 20.9 Å². The van der Waals surface area contributed by atoms with Gasteiger partial charge in [-0.1, -0.05) is 12.1 Å². The predicted octanol–water partition coefficient (Wildman–Crippen LogP) is 1.44. The number of benzene rings is 1. The fourth-order valence-corrected chi connectivity index (χ4v) is 1.41. The summed E-state index contributed by atoms with van der Waals surface area (Å²) in [5.74, 6) is -1.08. The normalized spacial score (nSPS) is 9.69. The van der Waals surface area contributed by atoms with Crippen LogP contribution in [0.2, 0.25) is 0 Å². The summed E-state index contributed by atoms with van der Waals surface area (Å²) in [4.78, 5) is 10.9. The number of carbonyl (C=O) groups is 1. The van der Waals surface area contributed by atoms with E-state index < -0.39 is 5.97 Å². The van der Waals surface area contributed by atoms with Crippen LogP contribution in [0, 0.1) is 11.3 Å². The average molecular weight is 213 g/mol. The van der Waals surface area contributed by atoms with Crippen LogP contribution in [0.25, 0.3) is 5.69 Å². The number of para-hydroxylation sites is 1. The Bertz CT molecular complexity index is 581. The van der Waals surface area contributed by atoms with Crippen LogP contribution >= 0.6 is 0 Å². The van der Waals surface area contributed by atoms with Crippen molar-refractivity contribution in [3.63, 3.8) is 0 Å². The Kier molecular flexibility index (Phi) is 2.40. The molecule has 1 aromatic carbocycles. The molecule has 0 saturated heterocycles. The molecule has 0 saturated carbocycles. The van der Waals surface area contributed by atoms with Crippen molar-refractivity contribution in [2.75, 3.05) is 0 Å². The Morgan fingerprint density at radius 3 is 2.81 bits per heavy atom. The molecule has 1 N–H and O–H groups in total. The second-order valence-corrected chi connectivity index (χ2v) is 3.06. The van der Waals surface area contributed by atoms with E-state index in [0.29, 0.717) is 11.3 Å². The van der Waals surface area contributed by atoms with E-state index in [1.807, 2.05) is 6.07 Å². The van der Waals surface area contributed by atoms with Gasteiger partial charge in [0, 0.05) is 0 Å². The van der Waals surface area contributed by atoms with E-state index in [1.165, 1.54) is 16.9 Å². The first kappa shape index (κ1) is 9.93. The third-order valence-corrected chi connectivity index (χ3v) is 2.11. The molecule has 0 amide bonds. The number of carboxylic acids is 1. The maximum absolute atomic E-state index is 10.9. The number of aromatic carboxylic acids is 1. The monoisotopic (exact) mass is 213 g/mol. The molecule has 0 unspecified atom stereocenters. The van der Waals surface area contributed by atoms with E-state index in [-0.39, 0.29) is 5.69 Å². The average Bonchev–Trinajstić information content (AvgIpc) is 2.77. The zero-order chi connectivity index (χ0) is 11.5. The highest BCUT2D eigenvalue weighted by atomic mass is 16.4. The highest BCUT2D eigenvalue weighted by Crippen LogP contribution is 2.14. The third kappa shape index (κ3) is 1.53. The Labute approximate surface area is 91.2 Å². The van der Waals surface area contributed by atoms with Gasteiger partial charge in [0.15, 0.2) is 5.69 Å². The lowest BCUT2D eigenvalue weighted by atomic mass is 10.2. The Morgan fingerprint density at radius 2 is 2.12 bits per heavy atom. The number of nitriles is 1. The summed E-state index contributed by atoms with van der Waals surface area (Å²) in [5, 5.41) is 21.7. The summed E-state index contributed by atoms with van der Waals surface area (Å²) in [7, 11) is 0. The van der Waals surface area contributed by atoms with E-state index >= 15 is 0 Å². The lowest BCUT2D eigenvalue weighted by molar-refractivity contribution is 0.0687. The molecule has 2 aromatic rings. The predicted molar refractivity (Wildman–Crippen MR) is 55.2 cm³/mol. The van der Waals surface area contributed by atoms with Crippen LogP contribution in [0.1, 0.15) is 16.1 Å². The molecule has 0 aliphatic heterocycles. The molecule has 0 aliphatic rings. The standard InChI is InChI=1S/C11H7N3O2/c12-7-8-3-1-2-4-9(8)14-10(11(15)16)5-6-13-14/h1-6H,(H,15,16). The van der Waals surface area contributed by atoms with Crippen molar-refractivity contribution in [3.8, 4) is 11.8 Å². The van der Waals surface area contributed by atoms with Crippen molar-refractivity contribution in [2.45, 2.75) is 0 Å². The first-order valence-electron chi connectivity index (χ1n) is 4.51. The lowest BCUT2D eigenvalue weighted by Crippen LogP contribution is -2.09. The largest absolute Gasteiger partial charge is 0.477 e. The molecular weight excluding hydrogens is 206 g/mol. The quantitative estimate of drug-likeness (QED) is 0.818. The van der Waals surface area contributed by atoms with Crippen LogP contribution in [-0.2, 0) is 0 Å². The molecule has 0 atom stereocenters. The minimum atomic E-state index is -1.08. The molecule has 0 fully saturated rings. The second-order valence-electron chi connectivity index (χ2n) is 3.06. The molecule has 2 rings (SSSR count). The van der Waals surface area contributed by atoms with Gasteiger partial charge < -0.3 is 5.11 Å². The van der Waals surface area contributed by atoms with E-state index in [0.717, 1.165) is 0 Å². The van der Waals surface area contributed by atoms with Crippen molar-refractivity contribution < 1.29 is 9.90 Å². The fourth-order valence-electron chi connectivity index (χ4n) is 1.41. The SMILES string of the molecule is N#Cc1ccccc1-n1nccc1C(=O)O. The molecule has 0 bridgehead atoms. The number of hydrogen-bond acceptors (Lipinski definition) is 3. The minimum Gasteiger partial charge on any atom is -0.477 e. The van der Waals surface area contributed by atoms with Gasteiger partial charge >= 0.3 is 5.97 Å². The van der Waals surface area contributed by atoms with Gasteiger partial charge in [0.05, 0.1) is 17.4 Å². The maximum atomic E-state index is 10.9. The van der Waals surface area contributed by atoms with Crippen LogP contribution in [0.4, 0.5) is 0 Å². The summed E-state index contributed by atoms with van der Waals surface area (Å²) < 4.78 is 1.24. The van der Waals surface area contributed by atoms with Crippen LogP contribution in [0.5, 0.6) is 0 Å². The molecule has 5 heteroatoms.